The summed E-state index contributed by atoms with van der Waals surface area (Å²) >= 11 is 0. The average Bonchev–Trinajstić information content (AvgIpc) is 2.95. The van der Waals surface area contributed by atoms with Gasteiger partial charge >= 0.3 is 11.9 Å². The van der Waals surface area contributed by atoms with Crippen LogP contribution in [0.5, 0.6) is 0 Å². The van der Waals surface area contributed by atoms with Crippen LogP contribution in [-0.4, -0.2) is 59.1 Å². The predicted molar refractivity (Wildman–Crippen MR) is 192 cm³/mol. The van der Waals surface area contributed by atoms with Crippen LogP contribution in [0.15, 0.2) is 0 Å². The van der Waals surface area contributed by atoms with Crippen molar-refractivity contribution in [3.8, 4) is 0 Å². The number of amides is 1. The van der Waals surface area contributed by atoms with Crippen LogP contribution in [0.3, 0.4) is 0 Å². The first-order valence-electron chi connectivity index (χ1n) is 19.2. The van der Waals surface area contributed by atoms with Crippen molar-refractivity contribution < 1.29 is 24.2 Å². The maximum absolute atomic E-state index is 14.3. The molecule has 4 aliphatic carbocycles. The summed E-state index contributed by atoms with van der Waals surface area (Å²) in [6, 6.07) is 0.0600. The Morgan fingerprint density at radius 3 is 2.15 bits per heavy atom. The van der Waals surface area contributed by atoms with Crippen molar-refractivity contribution in [1.29, 1.82) is 0 Å². The number of aliphatic carboxylic acids is 1. The monoisotopic (exact) mass is 674 g/mol. The smallest absolute Gasteiger partial charge is 0.306 e. The molecule has 0 bridgehead atoms. The molecular weight excluding hydrogens is 602 g/mol. The lowest BCUT2D eigenvalue weighted by molar-refractivity contribution is -0.255. The number of ether oxygens (including phenoxy) is 1. The number of carbonyl (C=O) groups is 3. The highest BCUT2D eigenvalue weighted by molar-refractivity contribution is 5.83. The number of hydrogen-bond donors (Lipinski definition) is 3. The van der Waals surface area contributed by atoms with E-state index in [0.29, 0.717) is 18.4 Å². The number of carboxylic acids is 1. The van der Waals surface area contributed by atoms with Gasteiger partial charge in [0, 0.05) is 30.6 Å². The Morgan fingerprint density at radius 1 is 0.938 bits per heavy atom. The first-order valence-corrected chi connectivity index (χ1v) is 19.2. The van der Waals surface area contributed by atoms with Gasteiger partial charge < -0.3 is 26.2 Å². The Morgan fingerprint density at radius 2 is 1.56 bits per heavy atom. The lowest BCUT2D eigenvalue weighted by atomic mass is 9.30. The zero-order valence-corrected chi connectivity index (χ0v) is 32.5. The topological polar surface area (TPSA) is 136 Å². The van der Waals surface area contributed by atoms with Crippen LogP contribution in [0.4, 0.5) is 0 Å². The van der Waals surface area contributed by atoms with E-state index in [2.05, 4.69) is 48.5 Å². The van der Waals surface area contributed by atoms with Gasteiger partial charge in [-0.15, -0.1) is 0 Å². The highest BCUT2D eigenvalue weighted by atomic mass is 16.5. The van der Waals surface area contributed by atoms with Gasteiger partial charge in [-0.25, -0.2) is 0 Å². The van der Waals surface area contributed by atoms with E-state index in [1.165, 1.54) is 0 Å². The Kier molecular flexibility index (Phi) is 10.7. The standard InChI is InChI=1S/C40H71N3O5/c1-12-13-29-37(8,33(47)43(11)23-17-26(2)41)21-22-39(10)38(9)19-14-27-35(5,6)30(48-32(46)25-34(3,4)24-31(44)45)16-18-36(27,7)28(38)15-20-40(29,39)42/h26-30H,12-25,41-42H2,1-11H3,(H,44,45)/t26-,27?,28?,29+,30?,36?,37?,38?,39+,40?/m1/s1. The molecule has 0 aliphatic heterocycles. The van der Waals surface area contributed by atoms with Gasteiger partial charge in [-0.3, -0.25) is 14.4 Å². The van der Waals surface area contributed by atoms with Gasteiger partial charge in [0.1, 0.15) is 6.10 Å². The van der Waals surface area contributed by atoms with E-state index in [9.17, 15) is 19.5 Å². The number of carbonyl (C=O) groups excluding carboxylic acids is 2. The summed E-state index contributed by atoms with van der Waals surface area (Å²) in [4.78, 5) is 40.8. The molecule has 0 heterocycles. The molecule has 8 heteroatoms. The first-order chi connectivity index (χ1) is 21.9. The van der Waals surface area contributed by atoms with Crippen LogP contribution in [0.2, 0.25) is 0 Å². The lowest BCUT2D eigenvalue weighted by Gasteiger charge is -2.75. The number of carboxylic acid groups (broad SMARTS) is 1. The molecule has 48 heavy (non-hydrogen) atoms. The minimum absolute atomic E-state index is 0.0307. The lowest BCUT2D eigenvalue weighted by Crippen LogP contribution is -2.77. The van der Waals surface area contributed by atoms with Crippen LogP contribution in [-0.2, 0) is 19.1 Å². The van der Waals surface area contributed by atoms with E-state index < -0.39 is 22.3 Å². The Labute approximate surface area is 292 Å². The summed E-state index contributed by atoms with van der Waals surface area (Å²) in [6.07, 6.45) is 10.4. The molecule has 5 N–H and O–H groups in total. The van der Waals surface area contributed by atoms with Crippen LogP contribution < -0.4 is 11.5 Å². The number of nitrogens with two attached hydrogens (primary N) is 2. The van der Waals surface area contributed by atoms with Crippen LogP contribution >= 0.6 is 0 Å². The molecule has 8 nitrogen and oxygen atoms in total. The van der Waals surface area contributed by atoms with Gasteiger partial charge in [0.25, 0.3) is 0 Å². The minimum Gasteiger partial charge on any atom is -0.481 e. The van der Waals surface area contributed by atoms with Crippen LogP contribution in [0, 0.1) is 50.2 Å². The van der Waals surface area contributed by atoms with Gasteiger partial charge in [0.15, 0.2) is 0 Å². The number of nitrogens with zero attached hydrogens (tertiary/aromatic N) is 1. The molecule has 4 fully saturated rings. The van der Waals surface area contributed by atoms with Gasteiger partial charge in [0.2, 0.25) is 5.91 Å². The maximum atomic E-state index is 14.3. The van der Waals surface area contributed by atoms with E-state index in [-0.39, 0.29) is 64.4 Å². The maximum Gasteiger partial charge on any atom is 0.306 e. The van der Waals surface area contributed by atoms with Gasteiger partial charge in [-0.1, -0.05) is 68.7 Å². The molecule has 0 aromatic rings. The third-order valence-electron chi connectivity index (χ3n) is 15.5. The quantitative estimate of drug-likeness (QED) is 0.193. The van der Waals surface area contributed by atoms with Crippen molar-refractivity contribution in [3.63, 3.8) is 0 Å². The number of esters is 1. The second-order valence-electron chi connectivity index (χ2n) is 19.5. The zero-order chi connectivity index (χ0) is 36.3. The zero-order valence-electron chi connectivity index (χ0n) is 32.5. The fraction of sp³-hybridized carbons (Fsp3) is 0.925. The van der Waals surface area contributed by atoms with Crippen molar-refractivity contribution in [2.75, 3.05) is 13.6 Å². The molecule has 0 aromatic carbocycles. The molecule has 10 atom stereocenters. The first kappa shape index (κ1) is 39.1. The van der Waals surface area contributed by atoms with Gasteiger partial charge in [0.05, 0.1) is 18.3 Å². The molecule has 1 amide bonds. The van der Waals surface area contributed by atoms with E-state index in [4.69, 9.17) is 16.2 Å². The summed E-state index contributed by atoms with van der Waals surface area (Å²) in [5.74, 6) is 0.0559. The highest BCUT2D eigenvalue weighted by Gasteiger charge is 2.73. The number of hydrogen-bond acceptors (Lipinski definition) is 6. The van der Waals surface area contributed by atoms with Crippen molar-refractivity contribution in [2.24, 2.45) is 61.7 Å². The number of fused-ring (bicyclic) bond motifs is 5. The second-order valence-corrected chi connectivity index (χ2v) is 19.5. The Balaban J connectivity index is 1.61. The van der Waals surface area contributed by atoms with Gasteiger partial charge in [-0.2, -0.15) is 0 Å². The molecule has 0 spiro atoms. The van der Waals surface area contributed by atoms with Crippen molar-refractivity contribution in [3.05, 3.63) is 0 Å². The van der Waals surface area contributed by atoms with Crippen LogP contribution in [0.25, 0.3) is 0 Å². The Bertz CT molecular complexity index is 1230. The third-order valence-corrected chi connectivity index (χ3v) is 15.5. The molecule has 4 saturated carbocycles. The average molecular weight is 674 g/mol. The molecule has 7 unspecified atom stereocenters. The third kappa shape index (κ3) is 6.26. The molecular formula is C40H71N3O5. The number of rotatable bonds is 11. The summed E-state index contributed by atoms with van der Waals surface area (Å²) in [5, 5.41) is 9.32. The van der Waals surface area contributed by atoms with Crippen LogP contribution in [0.1, 0.15) is 153 Å². The molecule has 0 saturated heterocycles. The molecule has 0 radical (unpaired) electrons. The normalized spacial score (nSPS) is 41.3. The van der Waals surface area contributed by atoms with Crippen molar-refractivity contribution >= 4 is 17.8 Å². The fourth-order valence-corrected chi connectivity index (χ4v) is 12.7. The van der Waals surface area contributed by atoms with Gasteiger partial charge in [-0.05, 0) is 111 Å². The molecule has 0 aromatic heterocycles. The largest absolute Gasteiger partial charge is 0.481 e. The highest BCUT2D eigenvalue weighted by Crippen LogP contribution is 2.76. The van der Waals surface area contributed by atoms with E-state index in [1.54, 1.807) is 0 Å². The summed E-state index contributed by atoms with van der Waals surface area (Å²) in [7, 11) is 1.95. The van der Waals surface area contributed by atoms with Crippen molar-refractivity contribution in [1.82, 2.24) is 4.90 Å². The molecule has 4 aliphatic rings. The van der Waals surface area contributed by atoms with E-state index in [1.807, 2.05) is 32.7 Å². The molecule has 276 valence electrons. The Hall–Kier alpha value is -1.67. The van der Waals surface area contributed by atoms with E-state index in [0.717, 1.165) is 70.6 Å². The van der Waals surface area contributed by atoms with Crippen molar-refractivity contribution in [2.45, 2.75) is 170 Å². The minimum atomic E-state index is -0.894. The second kappa shape index (κ2) is 13.1. The SMILES string of the molecule is CCC[C@H]1C(C)(C(=O)N(C)CC[C@@H](C)N)CC[C@@]2(C)C3(C)CCC4C(C)(C)C(OC(=O)CC(C)(C)CC(=O)O)CCC4(C)C3CCC12N. The predicted octanol–water partition coefficient (Wildman–Crippen LogP) is 7.56. The molecule has 4 rings (SSSR count). The van der Waals surface area contributed by atoms with E-state index >= 15 is 0 Å². The summed E-state index contributed by atoms with van der Waals surface area (Å²) < 4.78 is 6.24. The summed E-state index contributed by atoms with van der Waals surface area (Å²) in [5.41, 5.74) is 12.2. The fourth-order valence-electron chi connectivity index (χ4n) is 12.7. The summed E-state index contributed by atoms with van der Waals surface area (Å²) in [6.45, 7) is 22.9.